The largest absolute Gasteiger partial charge is 0.298 e. The predicted octanol–water partition coefficient (Wildman–Crippen LogP) is 1.68. The van der Waals surface area contributed by atoms with Crippen LogP contribution in [0.3, 0.4) is 0 Å². The van der Waals surface area contributed by atoms with Gasteiger partial charge >= 0.3 is 0 Å². The molecule has 0 aliphatic heterocycles. The van der Waals surface area contributed by atoms with Gasteiger partial charge in [0.15, 0.2) is 0 Å². The number of benzene rings is 1. The lowest BCUT2D eigenvalue weighted by Gasteiger charge is -1.89. The first-order valence-corrected chi connectivity index (χ1v) is 2.70. The highest BCUT2D eigenvalue weighted by molar-refractivity contribution is 5.74. The van der Waals surface area contributed by atoms with Gasteiger partial charge in [-0.3, -0.25) is 4.79 Å². The molecular formula is C8H7O. The molecule has 1 rings (SSSR count). The molecular weight excluding hydrogens is 112 g/mol. The van der Waals surface area contributed by atoms with Crippen LogP contribution in [0.25, 0.3) is 0 Å². The van der Waals surface area contributed by atoms with Crippen LogP contribution >= 0.6 is 0 Å². The summed E-state index contributed by atoms with van der Waals surface area (Å²) in [5.74, 6) is 0. The third kappa shape index (κ3) is 1.39. The highest BCUT2D eigenvalue weighted by Gasteiger charge is 1.86. The van der Waals surface area contributed by atoms with E-state index < -0.39 is 0 Å². The van der Waals surface area contributed by atoms with Crippen LogP contribution < -0.4 is 0 Å². The zero-order chi connectivity index (χ0) is 6.69. The molecule has 0 aliphatic rings. The van der Waals surface area contributed by atoms with E-state index >= 15 is 0 Å². The predicted molar refractivity (Wildman–Crippen MR) is 36.3 cm³/mol. The van der Waals surface area contributed by atoms with Crippen LogP contribution in [-0.2, 0) is 0 Å². The summed E-state index contributed by atoms with van der Waals surface area (Å²) < 4.78 is 0. The van der Waals surface area contributed by atoms with Gasteiger partial charge in [0, 0.05) is 5.56 Å². The molecule has 0 aromatic heterocycles. The Morgan fingerprint density at radius 2 is 2.22 bits per heavy atom. The van der Waals surface area contributed by atoms with Crippen molar-refractivity contribution in [2.45, 2.75) is 0 Å². The molecule has 0 N–H and O–H groups in total. The Kier molecular flexibility index (Phi) is 1.63. The maximum Gasteiger partial charge on any atom is 0.150 e. The summed E-state index contributed by atoms with van der Waals surface area (Å²) in [5, 5.41) is 0. The van der Waals surface area contributed by atoms with E-state index in [1.807, 2.05) is 12.1 Å². The zero-order valence-electron chi connectivity index (χ0n) is 5.00. The molecule has 0 bridgehead atoms. The Morgan fingerprint density at radius 1 is 1.44 bits per heavy atom. The lowest BCUT2D eigenvalue weighted by molar-refractivity contribution is 0.112. The van der Waals surface area contributed by atoms with E-state index in [9.17, 15) is 4.79 Å². The molecule has 1 aromatic rings. The van der Waals surface area contributed by atoms with Gasteiger partial charge in [0.1, 0.15) is 6.29 Å². The molecule has 0 spiro atoms. The fraction of sp³-hybridized carbons (Fsp3) is 0. The summed E-state index contributed by atoms with van der Waals surface area (Å²) in [5.41, 5.74) is 1.56. The Balaban J connectivity index is 3.07. The van der Waals surface area contributed by atoms with E-state index in [0.29, 0.717) is 5.56 Å². The van der Waals surface area contributed by atoms with Gasteiger partial charge in [0.05, 0.1) is 0 Å². The molecule has 1 radical (unpaired) electrons. The van der Waals surface area contributed by atoms with Gasteiger partial charge in [0.25, 0.3) is 0 Å². The molecule has 0 amide bonds. The highest BCUT2D eigenvalue weighted by Crippen LogP contribution is 1.99. The van der Waals surface area contributed by atoms with Crippen molar-refractivity contribution >= 4 is 6.29 Å². The van der Waals surface area contributed by atoms with Crippen molar-refractivity contribution in [2.24, 2.45) is 0 Å². The Labute approximate surface area is 54.3 Å². The Bertz CT molecular complexity index is 216. The minimum absolute atomic E-state index is 0.683. The van der Waals surface area contributed by atoms with Crippen LogP contribution in [0, 0.1) is 6.92 Å². The first-order valence-electron chi connectivity index (χ1n) is 2.70. The molecule has 0 saturated heterocycles. The third-order valence-electron chi connectivity index (χ3n) is 1.09. The highest BCUT2D eigenvalue weighted by atomic mass is 16.1. The quantitative estimate of drug-likeness (QED) is 0.514. The number of hydrogen-bond acceptors (Lipinski definition) is 1. The number of rotatable bonds is 1. The molecule has 1 heteroatoms. The van der Waals surface area contributed by atoms with E-state index in [1.165, 1.54) is 0 Å². The zero-order valence-corrected chi connectivity index (χ0v) is 5.00. The summed E-state index contributed by atoms with van der Waals surface area (Å²) in [6.45, 7) is 3.67. The van der Waals surface area contributed by atoms with Crippen LogP contribution in [-0.4, -0.2) is 6.29 Å². The van der Waals surface area contributed by atoms with Crippen molar-refractivity contribution in [1.29, 1.82) is 0 Å². The van der Waals surface area contributed by atoms with E-state index in [-0.39, 0.29) is 0 Å². The average Bonchev–Trinajstić information content (AvgIpc) is 1.88. The number of aldehydes is 1. The second-order valence-corrected chi connectivity index (χ2v) is 1.86. The fourth-order valence-corrected chi connectivity index (χ4v) is 0.666. The molecule has 45 valence electrons. The van der Waals surface area contributed by atoms with Gasteiger partial charge in [-0.2, -0.15) is 0 Å². The molecule has 1 aromatic carbocycles. The topological polar surface area (TPSA) is 17.1 Å². The Morgan fingerprint density at radius 3 is 2.67 bits per heavy atom. The number of carbonyl (C=O) groups excluding carboxylic acids is 1. The van der Waals surface area contributed by atoms with Crippen LogP contribution in [0.15, 0.2) is 24.3 Å². The minimum Gasteiger partial charge on any atom is -0.298 e. The maximum atomic E-state index is 10.1. The van der Waals surface area contributed by atoms with Crippen molar-refractivity contribution in [1.82, 2.24) is 0 Å². The molecule has 1 nitrogen and oxygen atoms in total. The standard InChI is InChI=1S/C8H7O/c1-7-3-2-4-8(5-7)6-9/h2-6H,1H2. The van der Waals surface area contributed by atoms with E-state index in [1.54, 1.807) is 12.1 Å². The van der Waals surface area contributed by atoms with Crippen LogP contribution in [0.2, 0.25) is 0 Å². The average molecular weight is 119 g/mol. The van der Waals surface area contributed by atoms with Crippen molar-refractivity contribution < 1.29 is 4.79 Å². The van der Waals surface area contributed by atoms with Gasteiger partial charge in [-0.15, -0.1) is 0 Å². The summed E-state index contributed by atoms with van der Waals surface area (Å²) in [4.78, 5) is 10.1. The molecule has 0 unspecified atom stereocenters. The first kappa shape index (κ1) is 6.02. The summed E-state index contributed by atoms with van der Waals surface area (Å²) in [6.07, 6.45) is 0.814. The molecule has 0 saturated carbocycles. The second-order valence-electron chi connectivity index (χ2n) is 1.86. The summed E-state index contributed by atoms with van der Waals surface area (Å²) in [6, 6.07) is 7.16. The van der Waals surface area contributed by atoms with Crippen molar-refractivity contribution in [2.75, 3.05) is 0 Å². The number of carbonyl (C=O) groups is 1. The molecule has 0 atom stereocenters. The normalized spacial score (nSPS) is 9.00. The maximum absolute atomic E-state index is 10.1. The molecule has 0 aliphatic carbocycles. The van der Waals surface area contributed by atoms with Gasteiger partial charge in [-0.05, 0) is 18.6 Å². The fourth-order valence-electron chi connectivity index (χ4n) is 0.666. The van der Waals surface area contributed by atoms with Crippen molar-refractivity contribution in [3.05, 3.63) is 42.3 Å². The molecule has 9 heavy (non-hydrogen) atoms. The first-order chi connectivity index (χ1) is 4.33. The lowest BCUT2D eigenvalue weighted by atomic mass is 10.2. The van der Waals surface area contributed by atoms with Gasteiger partial charge in [-0.25, -0.2) is 0 Å². The monoisotopic (exact) mass is 119 g/mol. The summed E-state index contributed by atoms with van der Waals surface area (Å²) in [7, 11) is 0. The van der Waals surface area contributed by atoms with Crippen LogP contribution in [0.5, 0.6) is 0 Å². The van der Waals surface area contributed by atoms with Crippen LogP contribution in [0.1, 0.15) is 15.9 Å². The SMILES string of the molecule is [CH2]c1cccc(C=O)c1. The van der Waals surface area contributed by atoms with Crippen LogP contribution in [0.4, 0.5) is 0 Å². The van der Waals surface area contributed by atoms with E-state index in [0.717, 1.165) is 11.8 Å². The molecule has 0 heterocycles. The second kappa shape index (κ2) is 2.44. The lowest BCUT2D eigenvalue weighted by Crippen LogP contribution is -1.78. The smallest absolute Gasteiger partial charge is 0.150 e. The number of hydrogen-bond donors (Lipinski definition) is 0. The van der Waals surface area contributed by atoms with Gasteiger partial charge in [-0.1, -0.05) is 18.2 Å². The van der Waals surface area contributed by atoms with E-state index in [4.69, 9.17) is 0 Å². The summed E-state index contributed by atoms with van der Waals surface area (Å²) >= 11 is 0. The van der Waals surface area contributed by atoms with Gasteiger partial charge in [0.2, 0.25) is 0 Å². The minimum atomic E-state index is 0.683. The van der Waals surface area contributed by atoms with Gasteiger partial charge < -0.3 is 0 Å². The van der Waals surface area contributed by atoms with Crippen molar-refractivity contribution in [3.63, 3.8) is 0 Å². The van der Waals surface area contributed by atoms with E-state index in [2.05, 4.69) is 6.92 Å². The third-order valence-corrected chi connectivity index (χ3v) is 1.09. The van der Waals surface area contributed by atoms with Crippen molar-refractivity contribution in [3.8, 4) is 0 Å². The molecule has 0 fully saturated rings. The Hall–Kier alpha value is -1.11.